The van der Waals surface area contributed by atoms with Crippen LogP contribution < -0.4 is 0 Å². The van der Waals surface area contributed by atoms with Gasteiger partial charge in [-0.25, -0.2) is 0 Å². The minimum absolute atomic E-state index is 0.919. The van der Waals surface area contributed by atoms with Crippen molar-refractivity contribution >= 4 is 65.0 Å². The van der Waals surface area contributed by atoms with Gasteiger partial charge in [0.1, 0.15) is 11.2 Å². The highest BCUT2D eigenvalue weighted by Crippen LogP contribution is 2.41. The van der Waals surface area contributed by atoms with E-state index in [-0.39, 0.29) is 0 Å². The Bertz CT molecular complexity index is 2370. The summed E-state index contributed by atoms with van der Waals surface area (Å²) in [7, 11) is 0. The molecule has 0 unspecified atom stereocenters. The molecule has 0 N–H and O–H groups in total. The van der Waals surface area contributed by atoms with Crippen LogP contribution in [0.1, 0.15) is 0 Å². The van der Waals surface area contributed by atoms with Gasteiger partial charge in [-0.1, -0.05) is 103 Å². The second kappa shape index (κ2) is 7.69. The first kappa shape index (κ1) is 20.9. The fraction of sp³-hybridized carbons (Fsp3) is 0. The Labute approximate surface area is 224 Å². The van der Waals surface area contributed by atoms with Crippen LogP contribution in [0.15, 0.2) is 138 Å². The molecule has 0 fully saturated rings. The van der Waals surface area contributed by atoms with Crippen molar-refractivity contribution in [1.82, 2.24) is 0 Å². The highest BCUT2D eigenvalue weighted by atomic mass is 16.3. The zero-order valence-electron chi connectivity index (χ0n) is 21.1. The summed E-state index contributed by atoms with van der Waals surface area (Å²) in [5.41, 5.74) is 6.71. The zero-order valence-corrected chi connectivity index (χ0v) is 21.1. The van der Waals surface area contributed by atoms with Crippen LogP contribution in [-0.2, 0) is 0 Å². The van der Waals surface area contributed by atoms with Crippen molar-refractivity contribution in [3.63, 3.8) is 0 Å². The lowest BCUT2D eigenvalue weighted by Crippen LogP contribution is -1.87. The van der Waals surface area contributed by atoms with Crippen LogP contribution in [0.5, 0.6) is 0 Å². The average molecular weight is 495 g/mol. The lowest BCUT2D eigenvalue weighted by Gasteiger charge is -2.14. The maximum atomic E-state index is 6.28. The van der Waals surface area contributed by atoms with E-state index in [1.54, 1.807) is 0 Å². The van der Waals surface area contributed by atoms with E-state index in [0.717, 1.165) is 21.9 Å². The van der Waals surface area contributed by atoms with Crippen LogP contribution in [-0.4, -0.2) is 0 Å². The largest absolute Gasteiger partial charge is 0.456 e. The van der Waals surface area contributed by atoms with E-state index in [1.165, 1.54) is 65.3 Å². The molecule has 1 heteroatoms. The van der Waals surface area contributed by atoms with E-state index >= 15 is 0 Å². The summed E-state index contributed by atoms with van der Waals surface area (Å²) in [6.07, 6.45) is 0. The first-order chi connectivity index (χ1) is 19.3. The topological polar surface area (TPSA) is 13.1 Å². The molecule has 180 valence electrons. The number of rotatable bonds is 2. The normalized spacial score (nSPS) is 12.1. The lowest BCUT2D eigenvalue weighted by atomic mass is 9.89. The van der Waals surface area contributed by atoms with Crippen LogP contribution in [0.25, 0.3) is 87.3 Å². The standard InChI is InChI=1S/C38H22O/c1-2-5-27-20-28(11-8-23(27)4-1)29-14-18-35-33(21-29)34-22-30(15-19-36(34)39-35)31-16-12-26-10-9-24-6-3-7-25-13-17-32(31)38(26)37(24)25/h1-22H. The predicted octanol–water partition coefficient (Wildman–Crippen LogP) is 11.0. The van der Waals surface area contributed by atoms with Gasteiger partial charge in [-0.15, -0.1) is 0 Å². The van der Waals surface area contributed by atoms with Crippen molar-refractivity contribution in [2.75, 3.05) is 0 Å². The van der Waals surface area contributed by atoms with Gasteiger partial charge in [0.2, 0.25) is 0 Å². The van der Waals surface area contributed by atoms with E-state index in [4.69, 9.17) is 4.42 Å². The van der Waals surface area contributed by atoms with E-state index in [9.17, 15) is 0 Å². The Morgan fingerprint density at radius 2 is 0.897 bits per heavy atom. The summed E-state index contributed by atoms with van der Waals surface area (Å²) in [6.45, 7) is 0. The molecule has 8 aromatic carbocycles. The maximum Gasteiger partial charge on any atom is 0.135 e. The molecule has 0 saturated heterocycles. The molecule has 0 aliphatic carbocycles. The van der Waals surface area contributed by atoms with Gasteiger partial charge in [0, 0.05) is 10.8 Å². The third-order valence-corrected chi connectivity index (χ3v) is 8.39. The van der Waals surface area contributed by atoms with Gasteiger partial charge in [-0.05, 0) is 95.7 Å². The van der Waals surface area contributed by atoms with Crippen molar-refractivity contribution in [3.05, 3.63) is 133 Å². The van der Waals surface area contributed by atoms with Gasteiger partial charge in [-0.3, -0.25) is 0 Å². The van der Waals surface area contributed by atoms with Crippen LogP contribution in [0.2, 0.25) is 0 Å². The smallest absolute Gasteiger partial charge is 0.135 e. The monoisotopic (exact) mass is 494 g/mol. The molecule has 9 rings (SSSR count). The molecule has 1 nitrogen and oxygen atoms in total. The fourth-order valence-corrected chi connectivity index (χ4v) is 6.48. The van der Waals surface area contributed by atoms with Gasteiger partial charge >= 0.3 is 0 Å². The molecular formula is C38H22O. The minimum atomic E-state index is 0.919. The summed E-state index contributed by atoms with van der Waals surface area (Å²) in [5, 5.41) is 12.7. The number of benzene rings is 8. The number of fused-ring (bicyclic) bond motifs is 4. The number of hydrogen-bond donors (Lipinski definition) is 0. The third-order valence-electron chi connectivity index (χ3n) is 8.39. The molecule has 0 aliphatic rings. The van der Waals surface area contributed by atoms with Crippen LogP contribution >= 0.6 is 0 Å². The van der Waals surface area contributed by atoms with Crippen LogP contribution in [0.3, 0.4) is 0 Å². The summed E-state index contributed by atoms with van der Waals surface area (Å²) in [4.78, 5) is 0. The zero-order chi connectivity index (χ0) is 25.5. The lowest BCUT2D eigenvalue weighted by molar-refractivity contribution is 0.669. The van der Waals surface area contributed by atoms with Crippen molar-refractivity contribution in [3.8, 4) is 22.3 Å². The van der Waals surface area contributed by atoms with Crippen LogP contribution in [0.4, 0.5) is 0 Å². The third kappa shape index (κ3) is 3.02. The molecule has 1 aromatic heterocycles. The van der Waals surface area contributed by atoms with Crippen molar-refractivity contribution in [1.29, 1.82) is 0 Å². The minimum Gasteiger partial charge on any atom is -0.456 e. The van der Waals surface area contributed by atoms with Crippen molar-refractivity contribution in [2.45, 2.75) is 0 Å². The van der Waals surface area contributed by atoms with E-state index < -0.39 is 0 Å². The van der Waals surface area contributed by atoms with Gasteiger partial charge in [-0.2, -0.15) is 0 Å². The Morgan fingerprint density at radius 1 is 0.333 bits per heavy atom. The first-order valence-corrected chi connectivity index (χ1v) is 13.4. The summed E-state index contributed by atoms with van der Waals surface area (Å²) in [6, 6.07) is 48.5. The molecule has 0 aliphatic heterocycles. The van der Waals surface area contributed by atoms with E-state index in [1.807, 2.05) is 0 Å². The average Bonchev–Trinajstić information content (AvgIpc) is 3.37. The summed E-state index contributed by atoms with van der Waals surface area (Å²) < 4.78 is 6.28. The predicted molar refractivity (Wildman–Crippen MR) is 166 cm³/mol. The summed E-state index contributed by atoms with van der Waals surface area (Å²) >= 11 is 0. The number of furan rings is 1. The molecule has 9 aromatic rings. The highest BCUT2D eigenvalue weighted by Gasteiger charge is 2.14. The maximum absolute atomic E-state index is 6.28. The van der Waals surface area contributed by atoms with Gasteiger partial charge in [0.15, 0.2) is 0 Å². The SMILES string of the molecule is c1ccc2cc(-c3ccc4oc5ccc(-c6ccc7ccc8cccc9ccc6c7c89)cc5c4c3)ccc2c1. The Morgan fingerprint density at radius 3 is 1.72 bits per heavy atom. The van der Waals surface area contributed by atoms with Crippen molar-refractivity contribution in [2.24, 2.45) is 0 Å². The number of hydrogen-bond acceptors (Lipinski definition) is 1. The molecule has 0 saturated carbocycles. The Kier molecular flexibility index (Phi) is 4.11. The Balaban J connectivity index is 1.26. The molecule has 0 spiro atoms. The molecule has 1 heterocycles. The molecule has 39 heavy (non-hydrogen) atoms. The molecule has 0 bridgehead atoms. The molecule has 0 atom stereocenters. The quantitative estimate of drug-likeness (QED) is 0.218. The highest BCUT2D eigenvalue weighted by molar-refractivity contribution is 6.25. The van der Waals surface area contributed by atoms with E-state index in [2.05, 4.69) is 133 Å². The van der Waals surface area contributed by atoms with Gasteiger partial charge in [0.25, 0.3) is 0 Å². The molecule has 0 amide bonds. The van der Waals surface area contributed by atoms with Gasteiger partial charge in [0.05, 0.1) is 0 Å². The van der Waals surface area contributed by atoms with Crippen molar-refractivity contribution < 1.29 is 4.42 Å². The second-order valence-electron chi connectivity index (χ2n) is 10.6. The van der Waals surface area contributed by atoms with Gasteiger partial charge < -0.3 is 4.42 Å². The molecule has 0 radical (unpaired) electrons. The second-order valence-corrected chi connectivity index (χ2v) is 10.6. The van der Waals surface area contributed by atoms with Crippen LogP contribution in [0, 0.1) is 0 Å². The Hall–Kier alpha value is -5.14. The first-order valence-electron chi connectivity index (χ1n) is 13.4. The fourth-order valence-electron chi connectivity index (χ4n) is 6.48. The van der Waals surface area contributed by atoms with E-state index in [0.29, 0.717) is 0 Å². The molecular weight excluding hydrogens is 472 g/mol. The summed E-state index contributed by atoms with van der Waals surface area (Å²) in [5.74, 6) is 0.